The number of halogens is 4. The number of rotatable bonds is 7. The third-order valence-electron chi connectivity index (χ3n) is 5.49. The van der Waals surface area contributed by atoms with E-state index in [9.17, 15) is 22.8 Å². The number of nitrogens with one attached hydrogen (secondary N) is 1. The Kier molecular flexibility index (Phi) is 7.45. The van der Waals surface area contributed by atoms with Crippen LogP contribution in [0.25, 0.3) is 11.4 Å². The van der Waals surface area contributed by atoms with E-state index in [1.807, 2.05) is 6.07 Å². The summed E-state index contributed by atoms with van der Waals surface area (Å²) in [5, 5.41) is 16.4. The van der Waals surface area contributed by atoms with Crippen molar-refractivity contribution in [3.8, 4) is 17.5 Å². The van der Waals surface area contributed by atoms with E-state index in [1.165, 1.54) is 16.7 Å². The van der Waals surface area contributed by atoms with Crippen molar-refractivity contribution in [2.75, 3.05) is 0 Å². The molecule has 0 atom stereocenters. The number of benzene rings is 3. The smallest absolute Gasteiger partial charge is 0.350 e. The van der Waals surface area contributed by atoms with Crippen LogP contribution in [-0.2, 0) is 30.6 Å². The molecule has 7 nitrogen and oxygen atoms in total. The van der Waals surface area contributed by atoms with Crippen molar-refractivity contribution in [3.63, 3.8) is 0 Å². The molecule has 0 aliphatic heterocycles. The van der Waals surface area contributed by atoms with Gasteiger partial charge in [0.05, 0.1) is 23.7 Å². The number of alkyl halides is 3. The second-order valence-corrected chi connectivity index (χ2v) is 8.58. The van der Waals surface area contributed by atoms with Crippen molar-refractivity contribution in [2.24, 2.45) is 0 Å². The highest BCUT2D eigenvalue weighted by Gasteiger charge is 2.30. The number of aromatic nitrogens is 3. The van der Waals surface area contributed by atoms with Crippen LogP contribution in [-0.4, -0.2) is 20.3 Å². The van der Waals surface area contributed by atoms with Crippen LogP contribution in [0.4, 0.5) is 13.2 Å². The molecule has 0 saturated carbocycles. The van der Waals surface area contributed by atoms with E-state index in [4.69, 9.17) is 16.9 Å². The Morgan fingerprint density at radius 1 is 1.03 bits per heavy atom. The van der Waals surface area contributed by atoms with Crippen molar-refractivity contribution in [2.45, 2.75) is 25.8 Å². The quantitative estimate of drug-likeness (QED) is 0.381. The van der Waals surface area contributed by atoms with Crippen LogP contribution in [0.5, 0.6) is 0 Å². The lowest BCUT2D eigenvalue weighted by Crippen LogP contribution is -2.33. The molecule has 0 radical (unpaired) electrons. The summed E-state index contributed by atoms with van der Waals surface area (Å²) in [7, 11) is 0. The molecule has 0 unspecified atom stereocenters. The Morgan fingerprint density at radius 3 is 2.38 bits per heavy atom. The van der Waals surface area contributed by atoms with Gasteiger partial charge in [0.25, 0.3) is 0 Å². The van der Waals surface area contributed by atoms with Crippen molar-refractivity contribution in [3.05, 3.63) is 111 Å². The number of carbonyl (C=O) groups is 1. The summed E-state index contributed by atoms with van der Waals surface area (Å²) in [6, 6.07) is 20.0. The van der Waals surface area contributed by atoms with Gasteiger partial charge < -0.3 is 5.32 Å². The Balaban J connectivity index is 1.57. The summed E-state index contributed by atoms with van der Waals surface area (Å²) < 4.78 is 41.2. The number of hydrogen-bond donors (Lipinski definition) is 1. The second-order valence-electron chi connectivity index (χ2n) is 8.14. The molecular weight excluding hydrogens is 507 g/mol. The molecule has 0 aliphatic carbocycles. The molecule has 37 heavy (non-hydrogen) atoms. The van der Waals surface area contributed by atoms with Gasteiger partial charge in [-0.05, 0) is 59.7 Å². The highest BCUT2D eigenvalue weighted by atomic mass is 35.5. The number of hydrogen-bond acceptors (Lipinski definition) is 4. The molecular formula is C26H19ClF3N5O2. The molecule has 0 fully saturated rings. The molecule has 1 heterocycles. The van der Waals surface area contributed by atoms with Crippen molar-refractivity contribution < 1.29 is 18.0 Å². The van der Waals surface area contributed by atoms with E-state index >= 15 is 0 Å². The summed E-state index contributed by atoms with van der Waals surface area (Å²) in [4.78, 5) is 25.8. The largest absolute Gasteiger partial charge is 0.416 e. The van der Waals surface area contributed by atoms with Gasteiger partial charge in [0.2, 0.25) is 5.91 Å². The van der Waals surface area contributed by atoms with Gasteiger partial charge in [-0.25, -0.2) is 9.48 Å². The monoisotopic (exact) mass is 525 g/mol. The first-order valence-corrected chi connectivity index (χ1v) is 11.4. The standard InChI is InChI=1S/C26H19ClF3N5O2/c27-22-10-8-20(9-11-22)24-33-35(25(37)34(24)15-18-6-4-17(13-31)5-7-18)16-23(36)32-14-19-2-1-3-21(12-19)26(28,29)30/h1-12H,14-16H2,(H,32,36). The number of nitrogens with zero attached hydrogens (tertiary/aromatic N) is 4. The van der Waals surface area contributed by atoms with Crippen LogP contribution in [0, 0.1) is 11.3 Å². The van der Waals surface area contributed by atoms with Crippen LogP contribution in [0.3, 0.4) is 0 Å². The zero-order chi connectivity index (χ0) is 26.6. The fraction of sp³-hybridized carbons (Fsp3) is 0.154. The van der Waals surface area contributed by atoms with E-state index in [0.29, 0.717) is 22.0 Å². The predicted molar refractivity (Wildman–Crippen MR) is 130 cm³/mol. The lowest BCUT2D eigenvalue weighted by Gasteiger charge is -2.09. The molecule has 0 bridgehead atoms. The van der Waals surface area contributed by atoms with Gasteiger partial charge in [0, 0.05) is 17.1 Å². The first kappa shape index (κ1) is 25.7. The fourth-order valence-electron chi connectivity index (χ4n) is 3.62. The molecule has 0 aliphatic rings. The lowest BCUT2D eigenvalue weighted by atomic mass is 10.1. The molecule has 1 aromatic heterocycles. The zero-order valence-corrected chi connectivity index (χ0v) is 19.9. The maximum atomic E-state index is 13.2. The number of nitriles is 1. The first-order chi connectivity index (χ1) is 17.6. The number of amides is 1. The minimum Gasteiger partial charge on any atom is -0.350 e. The van der Waals surface area contributed by atoms with Crippen LogP contribution >= 0.6 is 11.6 Å². The maximum absolute atomic E-state index is 13.2. The molecule has 1 N–H and O–H groups in total. The van der Waals surface area contributed by atoms with Crippen molar-refractivity contribution in [1.82, 2.24) is 19.7 Å². The average molecular weight is 526 g/mol. The van der Waals surface area contributed by atoms with Gasteiger partial charge in [-0.15, -0.1) is 5.10 Å². The Morgan fingerprint density at radius 2 is 1.73 bits per heavy atom. The number of carbonyl (C=O) groups excluding carboxylic acids is 1. The highest BCUT2D eigenvalue weighted by molar-refractivity contribution is 6.30. The molecule has 11 heteroatoms. The molecule has 1 amide bonds. The molecule has 0 saturated heterocycles. The highest BCUT2D eigenvalue weighted by Crippen LogP contribution is 2.29. The Hall–Kier alpha value is -4.36. The second kappa shape index (κ2) is 10.7. The Bertz CT molecular complexity index is 1520. The topological polar surface area (TPSA) is 92.7 Å². The third kappa shape index (κ3) is 6.26. The minimum absolute atomic E-state index is 0.133. The van der Waals surface area contributed by atoms with Gasteiger partial charge in [-0.1, -0.05) is 35.9 Å². The average Bonchev–Trinajstić information content (AvgIpc) is 3.18. The van der Waals surface area contributed by atoms with Crippen LogP contribution in [0.15, 0.2) is 77.6 Å². The van der Waals surface area contributed by atoms with Crippen LogP contribution < -0.4 is 11.0 Å². The summed E-state index contributed by atoms with van der Waals surface area (Å²) in [5.41, 5.74) is 0.710. The minimum atomic E-state index is -4.49. The van der Waals surface area contributed by atoms with Crippen molar-refractivity contribution in [1.29, 1.82) is 5.26 Å². The molecule has 0 spiro atoms. The van der Waals surface area contributed by atoms with Crippen molar-refractivity contribution >= 4 is 17.5 Å². The van der Waals surface area contributed by atoms with E-state index in [2.05, 4.69) is 10.4 Å². The maximum Gasteiger partial charge on any atom is 0.416 e. The predicted octanol–water partition coefficient (Wildman–Crippen LogP) is 4.62. The summed E-state index contributed by atoms with van der Waals surface area (Å²) >= 11 is 5.99. The lowest BCUT2D eigenvalue weighted by molar-refractivity contribution is -0.137. The van der Waals surface area contributed by atoms with Gasteiger partial charge in [0.15, 0.2) is 5.82 Å². The molecule has 188 valence electrons. The Labute approximate surface area is 214 Å². The first-order valence-electron chi connectivity index (χ1n) is 11.0. The van der Waals surface area contributed by atoms with Gasteiger partial charge in [0.1, 0.15) is 6.54 Å². The van der Waals surface area contributed by atoms with E-state index < -0.39 is 29.9 Å². The summed E-state index contributed by atoms with van der Waals surface area (Å²) in [5.74, 6) is -0.290. The third-order valence-corrected chi connectivity index (χ3v) is 5.74. The zero-order valence-electron chi connectivity index (χ0n) is 19.2. The van der Waals surface area contributed by atoms with Crippen LogP contribution in [0.2, 0.25) is 5.02 Å². The van der Waals surface area contributed by atoms with Gasteiger partial charge in [-0.3, -0.25) is 9.36 Å². The van der Waals surface area contributed by atoms with Gasteiger partial charge in [-0.2, -0.15) is 18.4 Å². The SMILES string of the molecule is N#Cc1ccc(Cn2c(-c3ccc(Cl)cc3)nn(CC(=O)NCc3cccc(C(F)(F)F)c3)c2=O)cc1. The molecule has 4 rings (SSSR count). The van der Waals surface area contributed by atoms with Gasteiger partial charge >= 0.3 is 11.9 Å². The van der Waals surface area contributed by atoms with Crippen LogP contribution in [0.1, 0.15) is 22.3 Å². The van der Waals surface area contributed by atoms with E-state index in [0.717, 1.165) is 22.4 Å². The fourth-order valence-corrected chi connectivity index (χ4v) is 3.74. The normalized spacial score (nSPS) is 11.2. The molecule has 3 aromatic carbocycles. The summed E-state index contributed by atoms with van der Waals surface area (Å²) in [6.45, 7) is -0.444. The summed E-state index contributed by atoms with van der Waals surface area (Å²) in [6.07, 6.45) is -4.49. The van der Waals surface area contributed by atoms with E-state index in [1.54, 1.807) is 48.5 Å². The molecule has 4 aromatic rings. The van der Waals surface area contributed by atoms with E-state index in [-0.39, 0.29) is 18.7 Å².